The molecule has 0 bridgehead atoms. The van der Waals surface area contributed by atoms with Crippen molar-refractivity contribution in [2.24, 2.45) is 0 Å². The van der Waals surface area contributed by atoms with Gasteiger partial charge in [0.1, 0.15) is 0 Å². The van der Waals surface area contributed by atoms with E-state index in [-0.39, 0.29) is 68.9 Å². The van der Waals surface area contributed by atoms with Crippen molar-refractivity contribution in [3.63, 3.8) is 0 Å². The average Bonchev–Trinajstić information content (AvgIpc) is 2.17. The van der Waals surface area contributed by atoms with Crippen LogP contribution in [-0.2, 0) is 0 Å². The Kier molecular flexibility index (Phi) is 21.7. The molecule has 0 N–H and O–H groups in total. The quantitative estimate of drug-likeness (QED) is 0.480. The van der Waals surface area contributed by atoms with E-state index in [4.69, 9.17) is 0 Å². The first-order valence-electron chi connectivity index (χ1n) is 6.18. The van der Waals surface area contributed by atoms with Crippen molar-refractivity contribution >= 4 is 88.7 Å². The van der Waals surface area contributed by atoms with E-state index >= 15 is 0 Å². The Morgan fingerprint density at radius 2 is 0.929 bits per heavy atom. The summed E-state index contributed by atoms with van der Waals surface area (Å²) in [4.78, 5) is 0. The van der Waals surface area contributed by atoms with E-state index in [9.17, 15) is 0 Å². The smallest absolute Gasteiger partial charge is 0 e. The second-order valence-corrected chi connectivity index (χ2v) is 12.6. The van der Waals surface area contributed by atoms with Crippen molar-refractivity contribution in [1.82, 2.24) is 0 Å². The van der Waals surface area contributed by atoms with Gasteiger partial charge >= 0.3 is 92.4 Å². The van der Waals surface area contributed by atoms with Crippen LogP contribution in [-0.4, -0.2) is 88.7 Å². The van der Waals surface area contributed by atoms with Crippen LogP contribution in [0.3, 0.4) is 0 Å². The first kappa shape index (κ1) is 19.2. The van der Waals surface area contributed by atoms with Crippen molar-refractivity contribution in [2.75, 3.05) is 0 Å². The molecule has 0 amide bonds. The van der Waals surface area contributed by atoms with Gasteiger partial charge in [-0.2, -0.15) is 0 Å². The molecule has 0 aliphatic rings. The molecule has 0 spiro atoms. The molecule has 0 heterocycles. The van der Waals surface area contributed by atoms with Crippen LogP contribution in [0.5, 0.6) is 0 Å². The van der Waals surface area contributed by atoms with Crippen LogP contribution in [0.4, 0.5) is 0 Å². The van der Waals surface area contributed by atoms with Crippen LogP contribution in [0.25, 0.3) is 0 Å². The average molecular weight is 423 g/mol. The number of unbranched alkanes of at least 4 members (excludes halogenated alkanes) is 3. The van der Waals surface area contributed by atoms with Crippen LogP contribution < -0.4 is 0 Å². The summed E-state index contributed by atoms with van der Waals surface area (Å²) in [6.45, 7) is 7.00. The molecule has 0 aromatic heterocycles. The first-order chi connectivity index (χ1) is 6.35. The molecule has 80 valence electrons. The predicted octanol–water partition coefficient (Wildman–Crippen LogP) is 4.50. The summed E-state index contributed by atoms with van der Waals surface area (Å²) < 4.78 is 5.04. The maximum absolute atomic E-state index is 2.33. The Morgan fingerprint density at radius 3 is 1.14 bits per heavy atom. The molecule has 0 nitrogen and oxygen atoms in total. The summed E-state index contributed by atoms with van der Waals surface area (Å²) in [6.07, 6.45) is 8.85. The maximum atomic E-state index is 2.33. The largest absolute Gasteiger partial charge is 0 e. The topological polar surface area (TPSA) is 0 Å². The standard InChI is InChI=1S/3C4H9.Cs.Sn/c3*1-3-4-2;;/h3*1,3-4H2,2H3;;. The van der Waals surface area contributed by atoms with Crippen LogP contribution in [0.1, 0.15) is 59.3 Å². The molecule has 14 heavy (non-hydrogen) atoms. The third-order valence-electron chi connectivity index (χ3n) is 2.65. The molecule has 2 radical (unpaired) electrons. The van der Waals surface area contributed by atoms with Gasteiger partial charge in [-0.25, -0.2) is 0 Å². The van der Waals surface area contributed by atoms with Gasteiger partial charge < -0.3 is 0 Å². The van der Waals surface area contributed by atoms with Crippen molar-refractivity contribution in [3.8, 4) is 0 Å². The molecule has 2 heteroatoms. The molecule has 0 fully saturated rings. The van der Waals surface area contributed by atoms with Gasteiger partial charge in [-0.15, -0.1) is 0 Å². The van der Waals surface area contributed by atoms with Crippen LogP contribution >= 0.6 is 0 Å². The third kappa shape index (κ3) is 12.9. The van der Waals surface area contributed by atoms with Gasteiger partial charge in [-0.05, 0) is 0 Å². The van der Waals surface area contributed by atoms with E-state index in [1.54, 1.807) is 13.3 Å². The summed E-state index contributed by atoms with van der Waals surface area (Å²) in [6, 6.07) is 0. The Morgan fingerprint density at radius 1 is 0.643 bits per heavy atom. The van der Waals surface area contributed by atoms with Gasteiger partial charge in [-0.1, -0.05) is 0 Å². The molecule has 0 aromatic rings. The molecule has 0 aromatic carbocycles. The first-order valence-corrected chi connectivity index (χ1v) is 12.2. The molecule has 0 unspecified atom stereocenters. The minimum Gasteiger partial charge on any atom is 0 e. The zero-order valence-corrected chi connectivity index (χ0v) is 20.0. The Balaban J connectivity index is 0. The molecular weight excluding hydrogens is 396 g/mol. The van der Waals surface area contributed by atoms with Crippen LogP contribution in [0.2, 0.25) is 13.3 Å². The SMILES string of the molecule is CCC[CH2][Sn]([CH2]CCC)[CH2]CCC.[Cs]. The molecule has 0 atom stereocenters. The van der Waals surface area contributed by atoms with Gasteiger partial charge in [0, 0.05) is 68.9 Å². The van der Waals surface area contributed by atoms with E-state index in [2.05, 4.69) is 20.8 Å². The number of hydrogen-bond donors (Lipinski definition) is 0. The molecule has 0 saturated heterocycles. The van der Waals surface area contributed by atoms with Crippen molar-refractivity contribution < 1.29 is 0 Å². The van der Waals surface area contributed by atoms with Gasteiger partial charge in [0.2, 0.25) is 0 Å². The van der Waals surface area contributed by atoms with Crippen molar-refractivity contribution in [2.45, 2.75) is 72.6 Å². The van der Waals surface area contributed by atoms with Gasteiger partial charge in [0.15, 0.2) is 0 Å². The Hall–Kier alpha value is 2.85. The second-order valence-electron chi connectivity index (χ2n) is 4.06. The molecule has 0 aliphatic carbocycles. The summed E-state index contributed by atoms with van der Waals surface area (Å²) in [5.41, 5.74) is 0. The maximum Gasteiger partial charge on any atom is 0 e. The van der Waals surface area contributed by atoms with Crippen molar-refractivity contribution in [1.29, 1.82) is 0 Å². The number of hydrogen-bond acceptors (Lipinski definition) is 0. The van der Waals surface area contributed by atoms with E-state index < -0.39 is 19.8 Å². The molecule has 0 rings (SSSR count). The molecule has 0 aliphatic heterocycles. The summed E-state index contributed by atoms with van der Waals surface area (Å²) in [5.74, 6) is 0. The fourth-order valence-corrected chi connectivity index (χ4v) is 11.1. The zero-order chi connectivity index (χ0) is 9.94. The van der Waals surface area contributed by atoms with Gasteiger partial charge in [0.05, 0.1) is 0 Å². The summed E-state index contributed by atoms with van der Waals surface area (Å²) in [7, 11) is 0. The third-order valence-corrected chi connectivity index (χ3v) is 11.7. The van der Waals surface area contributed by atoms with Crippen molar-refractivity contribution in [3.05, 3.63) is 0 Å². The predicted molar refractivity (Wildman–Crippen MR) is 70.7 cm³/mol. The minimum absolute atomic E-state index is 0. The summed E-state index contributed by atoms with van der Waals surface area (Å²) in [5, 5.41) is 0. The fourth-order valence-electron chi connectivity index (χ4n) is 1.66. The monoisotopic (exact) mass is 424 g/mol. The Labute approximate surface area is 158 Å². The molecular formula is C12H27CsSn. The zero-order valence-electron chi connectivity index (χ0n) is 10.9. The summed E-state index contributed by atoms with van der Waals surface area (Å²) >= 11 is -0.839. The van der Waals surface area contributed by atoms with E-state index in [0.29, 0.717) is 0 Å². The van der Waals surface area contributed by atoms with E-state index in [0.717, 1.165) is 0 Å². The van der Waals surface area contributed by atoms with E-state index in [1.165, 1.54) is 38.5 Å². The Bertz CT molecular complexity index is 77.3. The van der Waals surface area contributed by atoms with E-state index in [1.807, 2.05) is 0 Å². The fraction of sp³-hybridized carbons (Fsp3) is 1.00. The van der Waals surface area contributed by atoms with Gasteiger partial charge in [-0.3, -0.25) is 0 Å². The number of rotatable bonds is 9. The molecule has 0 saturated carbocycles. The second kappa shape index (κ2) is 15.9. The van der Waals surface area contributed by atoms with Crippen LogP contribution in [0, 0.1) is 0 Å². The minimum atomic E-state index is -0.839. The normalized spacial score (nSPS) is 10.3. The van der Waals surface area contributed by atoms with Gasteiger partial charge in [0.25, 0.3) is 0 Å². The van der Waals surface area contributed by atoms with Crippen LogP contribution in [0.15, 0.2) is 0 Å².